The summed E-state index contributed by atoms with van der Waals surface area (Å²) in [6.07, 6.45) is 4.99. The fourth-order valence-corrected chi connectivity index (χ4v) is 3.35. The van der Waals surface area contributed by atoms with E-state index in [2.05, 4.69) is 32.4 Å². The van der Waals surface area contributed by atoms with Crippen LogP contribution < -0.4 is 15.5 Å². The number of aliphatic carboxylic acids is 1. The van der Waals surface area contributed by atoms with E-state index in [1.807, 2.05) is 39.0 Å². The van der Waals surface area contributed by atoms with Crippen LogP contribution in [-0.2, 0) is 11.3 Å². The van der Waals surface area contributed by atoms with Gasteiger partial charge in [-0.25, -0.2) is 9.97 Å². The molecular formula is C25H37N5O3. The smallest absolute Gasteiger partial charge is 0.320 e. The molecule has 8 nitrogen and oxygen atoms in total. The summed E-state index contributed by atoms with van der Waals surface area (Å²) in [7, 11) is 0. The Morgan fingerprint density at radius 3 is 2.55 bits per heavy atom. The minimum absolute atomic E-state index is 0.278. The lowest BCUT2D eigenvalue weighted by molar-refractivity contribution is -0.139. The number of hydrogen-bond donors (Lipinski definition) is 3. The molecule has 1 atom stereocenters. The largest absolute Gasteiger partial charge is 0.480 e. The molecule has 1 heterocycles. The number of benzene rings is 1. The molecule has 0 saturated heterocycles. The number of hydrogen-bond acceptors (Lipinski definition) is 6. The third-order valence-electron chi connectivity index (χ3n) is 5.40. The van der Waals surface area contributed by atoms with E-state index in [1.54, 1.807) is 13.0 Å². The van der Waals surface area contributed by atoms with Gasteiger partial charge in [-0.15, -0.1) is 0 Å². The molecule has 0 spiro atoms. The van der Waals surface area contributed by atoms with Crippen LogP contribution in [0.4, 0.5) is 11.5 Å². The zero-order valence-corrected chi connectivity index (χ0v) is 20.4. The van der Waals surface area contributed by atoms with Gasteiger partial charge in [-0.2, -0.15) is 0 Å². The van der Waals surface area contributed by atoms with Crippen LogP contribution in [0.5, 0.6) is 0 Å². The number of carbonyl (C=O) groups excluding carboxylic acids is 1. The first-order valence-electron chi connectivity index (χ1n) is 11.8. The second kappa shape index (κ2) is 12.9. The summed E-state index contributed by atoms with van der Waals surface area (Å²) in [5, 5.41) is 14.8. The number of carboxylic acids is 1. The molecule has 1 aliphatic carbocycles. The van der Waals surface area contributed by atoms with Gasteiger partial charge in [-0.3, -0.25) is 9.59 Å². The van der Waals surface area contributed by atoms with Crippen LogP contribution in [0.25, 0.3) is 0 Å². The second-order valence-electron chi connectivity index (χ2n) is 8.20. The molecule has 1 amide bonds. The first-order chi connectivity index (χ1) is 15.9. The molecule has 1 aliphatic rings. The quantitative estimate of drug-likeness (QED) is 0.465. The van der Waals surface area contributed by atoms with E-state index in [0.717, 1.165) is 42.4 Å². The van der Waals surface area contributed by atoms with Gasteiger partial charge in [0.1, 0.15) is 23.9 Å². The number of rotatable bonds is 11. The van der Waals surface area contributed by atoms with Crippen LogP contribution in [0.3, 0.4) is 0 Å². The highest BCUT2D eigenvalue weighted by atomic mass is 16.4. The van der Waals surface area contributed by atoms with Gasteiger partial charge in [-0.05, 0) is 56.2 Å². The number of nitrogens with one attached hydrogen (secondary N) is 2. The normalized spacial score (nSPS) is 13.5. The summed E-state index contributed by atoms with van der Waals surface area (Å²) in [4.78, 5) is 34.5. The Hall–Kier alpha value is -3.00. The van der Waals surface area contributed by atoms with Crippen molar-refractivity contribution in [1.82, 2.24) is 15.3 Å². The Kier molecular flexibility index (Phi) is 10.3. The average molecular weight is 456 g/mol. The van der Waals surface area contributed by atoms with Crippen LogP contribution >= 0.6 is 0 Å². The van der Waals surface area contributed by atoms with Gasteiger partial charge in [0.05, 0.1) is 0 Å². The number of amides is 1. The molecule has 1 aromatic heterocycles. The van der Waals surface area contributed by atoms with Crippen molar-refractivity contribution in [2.45, 2.75) is 66.5 Å². The Labute approximate surface area is 196 Å². The third kappa shape index (κ3) is 8.13. The maximum Gasteiger partial charge on any atom is 0.320 e. The minimum Gasteiger partial charge on any atom is -0.480 e. The minimum atomic E-state index is -0.889. The molecule has 33 heavy (non-hydrogen) atoms. The van der Waals surface area contributed by atoms with Gasteiger partial charge in [-0.1, -0.05) is 32.9 Å². The highest BCUT2D eigenvalue weighted by molar-refractivity contribution is 6.03. The predicted octanol–water partition coefficient (Wildman–Crippen LogP) is 4.25. The summed E-state index contributed by atoms with van der Waals surface area (Å²) < 4.78 is 0. The van der Waals surface area contributed by atoms with E-state index in [4.69, 9.17) is 5.11 Å². The summed E-state index contributed by atoms with van der Waals surface area (Å²) in [5.74, 6) is 0.354. The van der Waals surface area contributed by atoms with Crippen molar-refractivity contribution in [3.05, 3.63) is 47.4 Å². The SMILES string of the molecule is CC.CCCN(CC1CC1)c1cc(C(=O)Nc2ccc(CNC(C)C(=O)O)cc2C)ncn1. The van der Waals surface area contributed by atoms with E-state index >= 15 is 0 Å². The fraction of sp³-hybridized carbons (Fsp3) is 0.520. The Bertz CT molecular complexity index is 930. The zero-order chi connectivity index (χ0) is 24.4. The van der Waals surface area contributed by atoms with Gasteiger partial charge >= 0.3 is 5.97 Å². The van der Waals surface area contributed by atoms with Gasteiger partial charge in [0.2, 0.25) is 0 Å². The molecule has 0 bridgehead atoms. The summed E-state index contributed by atoms with van der Waals surface area (Å²) in [5.41, 5.74) is 2.88. The number of anilines is 2. The molecule has 1 unspecified atom stereocenters. The predicted molar refractivity (Wildman–Crippen MR) is 132 cm³/mol. The maximum atomic E-state index is 12.8. The monoisotopic (exact) mass is 455 g/mol. The number of aryl methyl sites for hydroxylation is 1. The van der Waals surface area contributed by atoms with E-state index in [1.165, 1.54) is 19.2 Å². The highest BCUT2D eigenvalue weighted by Gasteiger charge is 2.25. The van der Waals surface area contributed by atoms with Gasteiger partial charge < -0.3 is 20.6 Å². The summed E-state index contributed by atoms with van der Waals surface area (Å²) >= 11 is 0. The van der Waals surface area contributed by atoms with Crippen LogP contribution in [0.15, 0.2) is 30.6 Å². The summed E-state index contributed by atoms with van der Waals surface area (Å²) in [6.45, 7) is 12.0. The first kappa shape index (κ1) is 26.3. The fourth-order valence-electron chi connectivity index (χ4n) is 3.35. The van der Waals surface area contributed by atoms with Crippen LogP contribution in [0.2, 0.25) is 0 Å². The van der Waals surface area contributed by atoms with Crippen molar-refractivity contribution in [3.63, 3.8) is 0 Å². The molecule has 8 heteroatoms. The van der Waals surface area contributed by atoms with Crippen molar-refractivity contribution in [1.29, 1.82) is 0 Å². The van der Waals surface area contributed by atoms with E-state index in [-0.39, 0.29) is 5.91 Å². The van der Waals surface area contributed by atoms with Gasteiger partial charge in [0, 0.05) is 31.4 Å². The van der Waals surface area contributed by atoms with Crippen molar-refractivity contribution in [3.8, 4) is 0 Å². The van der Waals surface area contributed by atoms with Crippen LogP contribution in [0.1, 0.15) is 68.6 Å². The molecule has 180 valence electrons. The van der Waals surface area contributed by atoms with Gasteiger partial charge in [0.25, 0.3) is 5.91 Å². The lowest BCUT2D eigenvalue weighted by Crippen LogP contribution is -2.33. The molecular weight excluding hydrogens is 418 g/mol. The molecule has 1 fully saturated rings. The highest BCUT2D eigenvalue weighted by Crippen LogP contribution is 2.31. The Morgan fingerprint density at radius 2 is 1.94 bits per heavy atom. The molecule has 1 aromatic carbocycles. The first-order valence-corrected chi connectivity index (χ1v) is 11.8. The van der Waals surface area contributed by atoms with Crippen molar-refractivity contribution >= 4 is 23.4 Å². The standard InChI is InChI=1S/C23H31N5O3.C2H6/c1-4-9-28(13-17-5-6-17)21-11-20(25-14-26-21)22(29)27-19-8-7-18(10-15(19)2)12-24-16(3)23(30)31;1-2/h7-8,10-11,14,16-17,24H,4-6,9,12-13H2,1-3H3,(H,27,29)(H,30,31);1-2H3. The maximum absolute atomic E-state index is 12.8. The van der Waals surface area contributed by atoms with Crippen molar-refractivity contribution < 1.29 is 14.7 Å². The van der Waals surface area contributed by atoms with Crippen molar-refractivity contribution in [2.75, 3.05) is 23.3 Å². The number of nitrogens with zero attached hydrogens (tertiary/aromatic N) is 3. The lowest BCUT2D eigenvalue weighted by atomic mass is 10.1. The molecule has 3 N–H and O–H groups in total. The van der Waals surface area contributed by atoms with E-state index < -0.39 is 12.0 Å². The number of carbonyl (C=O) groups is 2. The van der Waals surface area contributed by atoms with E-state index in [9.17, 15) is 9.59 Å². The third-order valence-corrected chi connectivity index (χ3v) is 5.40. The molecule has 0 radical (unpaired) electrons. The Balaban J connectivity index is 0.00000187. The average Bonchev–Trinajstić information content (AvgIpc) is 3.64. The van der Waals surface area contributed by atoms with Gasteiger partial charge in [0.15, 0.2) is 0 Å². The number of carboxylic acid groups (broad SMARTS) is 1. The van der Waals surface area contributed by atoms with Crippen molar-refractivity contribution in [2.24, 2.45) is 5.92 Å². The second-order valence-corrected chi connectivity index (χ2v) is 8.20. The lowest BCUT2D eigenvalue weighted by Gasteiger charge is -2.23. The molecule has 2 aromatic rings. The molecule has 1 saturated carbocycles. The number of aromatic nitrogens is 2. The zero-order valence-electron chi connectivity index (χ0n) is 20.4. The van der Waals surface area contributed by atoms with E-state index in [0.29, 0.717) is 17.9 Å². The molecule has 3 rings (SSSR count). The topological polar surface area (TPSA) is 107 Å². The van der Waals surface area contributed by atoms with Crippen LogP contribution in [0, 0.1) is 12.8 Å². The van der Waals surface area contributed by atoms with Crippen LogP contribution in [-0.4, -0.2) is 46.1 Å². The Morgan fingerprint density at radius 1 is 1.21 bits per heavy atom. The summed E-state index contributed by atoms with van der Waals surface area (Å²) in [6, 6.07) is 6.76. The molecule has 0 aliphatic heterocycles.